The molecule has 0 aromatic heterocycles. The molecule has 1 aliphatic rings. The smallest absolute Gasteiger partial charge is 0.254 e. The summed E-state index contributed by atoms with van der Waals surface area (Å²) in [6.07, 6.45) is 5.08. The van der Waals surface area contributed by atoms with Gasteiger partial charge in [0.25, 0.3) is 5.91 Å². The minimum atomic E-state index is 0.0827. The lowest BCUT2D eigenvalue weighted by Crippen LogP contribution is -2.33. The summed E-state index contributed by atoms with van der Waals surface area (Å²) in [6.45, 7) is 1.52. The summed E-state index contributed by atoms with van der Waals surface area (Å²) in [7, 11) is 0. The van der Waals surface area contributed by atoms with Crippen LogP contribution in [0.5, 0.6) is 0 Å². The molecule has 0 saturated heterocycles. The van der Waals surface area contributed by atoms with E-state index in [1.807, 2.05) is 11.0 Å². The van der Waals surface area contributed by atoms with Crippen molar-refractivity contribution in [1.29, 1.82) is 0 Å². The normalized spacial score (nSPS) is 15.3. The Kier molecular flexibility index (Phi) is 2.72. The molecule has 0 bridgehead atoms. The molecule has 1 heterocycles. The van der Waals surface area contributed by atoms with E-state index >= 15 is 0 Å². The first-order valence-corrected chi connectivity index (χ1v) is 5.07. The molecule has 0 spiro atoms. The quantitative estimate of drug-likeness (QED) is 0.556. The second-order valence-corrected chi connectivity index (χ2v) is 3.63. The largest absolute Gasteiger partial charge is 0.399 e. The summed E-state index contributed by atoms with van der Waals surface area (Å²) < 4.78 is 0. The molecule has 0 atom stereocenters. The van der Waals surface area contributed by atoms with Crippen molar-refractivity contribution in [1.82, 2.24) is 4.90 Å². The van der Waals surface area contributed by atoms with Crippen LogP contribution >= 0.6 is 0 Å². The molecule has 0 fully saturated rings. The molecule has 1 amide bonds. The number of anilines is 1. The van der Waals surface area contributed by atoms with E-state index in [-0.39, 0.29) is 5.91 Å². The SMILES string of the molecule is Nc1ccc(C(=O)N2CC=CCC2)cc1. The van der Waals surface area contributed by atoms with Crippen molar-refractivity contribution in [2.75, 3.05) is 18.8 Å². The Balaban J connectivity index is 2.13. The van der Waals surface area contributed by atoms with Gasteiger partial charge in [-0.15, -0.1) is 0 Å². The minimum Gasteiger partial charge on any atom is -0.399 e. The molecular weight excluding hydrogens is 188 g/mol. The van der Waals surface area contributed by atoms with Crippen LogP contribution in [0.1, 0.15) is 16.8 Å². The zero-order valence-electron chi connectivity index (χ0n) is 8.52. The molecule has 1 aliphatic heterocycles. The summed E-state index contributed by atoms with van der Waals surface area (Å²) in [5.41, 5.74) is 6.96. The Morgan fingerprint density at radius 3 is 2.53 bits per heavy atom. The number of nitrogens with zero attached hydrogens (tertiary/aromatic N) is 1. The van der Waals surface area contributed by atoms with Crippen molar-refractivity contribution < 1.29 is 4.79 Å². The highest BCUT2D eigenvalue weighted by atomic mass is 16.2. The van der Waals surface area contributed by atoms with E-state index in [4.69, 9.17) is 5.73 Å². The van der Waals surface area contributed by atoms with Crippen LogP contribution in [0.2, 0.25) is 0 Å². The maximum absolute atomic E-state index is 12.0. The molecule has 78 valence electrons. The van der Waals surface area contributed by atoms with Crippen molar-refractivity contribution >= 4 is 11.6 Å². The number of benzene rings is 1. The molecule has 2 N–H and O–H groups in total. The topological polar surface area (TPSA) is 46.3 Å². The Labute approximate surface area is 89.2 Å². The van der Waals surface area contributed by atoms with Gasteiger partial charge in [0.2, 0.25) is 0 Å². The van der Waals surface area contributed by atoms with Crippen LogP contribution in [0.4, 0.5) is 5.69 Å². The highest BCUT2D eigenvalue weighted by Crippen LogP contribution is 2.11. The maximum Gasteiger partial charge on any atom is 0.254 e. The number of amides is 1. The highest BCUT2D eigenvalue weighted by molar-refractivity contribution is 5.94. The molecule has 0 radical (unpaired) electrons. The summed E-state index contributed by atoms with van der Waals surface area (Å²) in [5, 5.41) is 0. The molecule has 3 nitrogen and oxygen atoms in total. The van der Waals surface area contributed by atoms with Crippen LogP contribution in [0.3, 0.4) is 0 Å². The molecule has 2 rings (SSSR count). The zero-order chi connectivity index (χ0) is 10.7. The first-order valence-electron chi connectivity index (χ1n) is 5.07. The van der Waals surface area contributed by atoms with Gasteiger partial charge in [0.05, 0.1) is 0 Å². The fourth-order valence-corrected chi connectivity index (χ4v) is 1.63. The molecule has 1 aromatic carbocycles. The van der Waals surface area contributed by atoms with Crippen molar-refractivity contribution in [3.8, 4) is 0 Å². The van der Waals surface area contributed by atoms with E-state index in [9.17, 15) is 4.79 Å². The third kappa shape index (κ3) is 2.18. The van der Waals surface area contributed by atoms with Crippen molar-refractivity contribution in [3.05, 3.63) is 42.0 Å². The summed E-state index contributed by atoms with van der Waals surface area (Å²) >= 11 is 0. The van der Waals surface area contributed by atoms with Crippen LogP contribution in [-0.2, 0) is 0 Å². The van der Waals surface area contributed by atoms with Crippen LogP contribution in [0, 0.1) is 0 Å². The van der Waals surface area contributed by atoms with E-state index < -0.39 is 0 Å². The summed E-state index contributed by atoms with van der Waals surface area (Å²) in [4.78, 5) is 13.8. The fourth-order valence-electron chi connectivity index (χ4n) is 1.63. The summed E-state index contributed by atoms with van der Waals surface area (Å²) in [5.74, 6) is 0.0827. The van der Waals surface area contributed by atoms with Crippen LogP contribution in [0.15, 0.2) is 36.4 Å². The third-order valence-electron chi connectivity index (χ3n) is 2.50. The third-order valence-corrected chi connectivity index (χ3v) is 2.50. The van der Waals surface area contributed by atoms with Gasteiger partial charge in [0.15, 0.2) is 0 Å². The lowest BCUT2D eigenvalue weighted by molar-refractivity contribution is 0.0771. The van der Waals surface area contributed by atoms with E-state index in [2.05, 4.69) is 6.08 Å². The molecule has 1 aromatic rings. The van der Waals surface area contributed by atoms with E-state index in [0.29, 0.717) is 17.8 Å². The second-order valence-electron chi connectivity index (χ2n) is 3.63. The molecule has 3 heteroatoms. The lowest BCUT2D eigenvalue weighted by atomic mass is 10.1. The standard InChI is InChI=1S/C12H14N2O/c13-11-6-4-10(5-7-11)12(15)14-8-2-1-3-9-14/h1-2,4-7H,3,8-9,13H2. The van der Waals surface area contributed by atoms with Crippen LogP contribution < -0.4 is 5.73 Å². The van der Waals surface area contributed by atoms with Gasteiger partial charge in [-0.1, -0.05) is 12.2 Å². The first-order chi connectivity index (χ1) is 7.27. The Morgan fingerprint density at radius 2 is 1.93 bits per heavy atom. The second kappa shape index (κ2) is 4.17. The van der Waals surface area contributed by atoms with Gasteiger partial charge in [0.1, 0.15) is 0 Å². The maximum atomic E-state index is 12.0. The number of rotatable bonds is 1. The minimum absolute atomic E-state index is 0.0827. The number of hydrogen-bond acceptors (Lipinski definition) is 2. The Morgan fingerprint density at radius 1 is 1.20 bits per heavy atom. The van der Waals surface area contributed by atoms with Gasteiger partial charge in [-0.05, 0) is 30.7 Å². The number of carbonyl (C=O) groups is 1. The van der Waals surface area contributed by atoms with Crippen molar-refractivity contribution in [2.45, 2.75) is 6.42 Å². The van der Waals surface area contributed by atoms with Gasteiger partial charge >= 0.3 is 0 Å². The Hall–Kier alpha value is -1.77. The van der Waals surface area contributed by atoms with Gasteiger partial charge in [-0.25, -0.2) is 0 Å². The predicted molar refractivity (Wildman–Crippen MR) is 60.5 cm³/mol. The van der Waals surface area contributed by atoms with Crippen molar-refractivity contribution in [3.63, 3.8) is 0 Å². The molecule has 0 aliphatic carbocycles. The monoisotopic (exact) mass is 202 g/mol. The fraction of sp³-hybridized carbons (Fsp3) is 0.250. The summed E-state index contributed by atoms with van der Waals surface area (Å²) in [6, 6.07) is 7.06. The molecule has 0 saturated carbocycles. The number of nitrogens with two attached hydrogens (primary N) is 1. The predicted octanol–water partition coefficient (Wildman–Crippen LogP) is 1.67. The highest BCUT2D eigenvalue weighted by Gasteiger charge is 2.15. The van der Waals surface area contributed by atoms with E-state index in [1.54, 1.807) is 24.3 Å². The molecule has 15 heavy (non-hydrogen) atoms. The van der Waals surface area contributed by atoms with Crippen molar-refractivity contribution in [2.24, 2.45) is 0 Å². The zero-order valence-corrected chi connectivity index (χ0v) is 8.52. The van der Waals surface area contributed by atoms with Crippen LogP contribution in [-0.4, -0.2) is 23.9 Å². The Bertz CT molecular complexity index is 381. The van der Waals surface area contributed by atoms with Gasteiger partial charge < -0.3 is 10.6 Å². The first kappa shape index (κ1) is 9.77. The van der Waals surface area contributed by atoms with Gasteiger partial charge in [0, 0.05) is 24.3 Å². The van der Waals surface area contributed by atoms with E-state index in [0.717, 1.165) is 13.0 Å². The van der Waals surface area contributed by atoms with Crippen LogP contribution in [0.25, 0.3) is 0 Å². The number of hydrogen-bond donors (Lipinski definition) is 1. The average molecular weight is 202 g/mol. The molecule has 0 unspecified atom stereocenters. The van der Waals surface area contributed by atoms with Gasteiger partial charge in [-0.2, -0.15) is 0 Å². The lowest BCUT2D eigenvalue weighted by Gasteiger charge is -2.23. The average Bonchev–Trinajstić information content (AvgIpc) is 2.30. The number of carbonyl (C=O) groups excluding carboxylic acids is 1. The van der Waals surface area contributed by atoms with E-state index in [1.165, 1.54) is 0 Å². The number of nitrogen functional groups attached to an aromatic ring is 1. The molecular formula is C12H14N2O. The van der Waals surface area contributed by atoms with Gasteiger partial charge in [-0.3, -0.25) is 4.79 Å².